The third-order valence-corrected chi connectivity index (χ3v) is 1.71. The summed E-state index contributed by atoms with van der Waals surface area (Å²) in [6.07, 6.45) is -4.88. The zero-order chi connectivity index (χ0) is 10.9. The van der Waals surface area contributed by atoms with Gasteiger partial charge in [0.1, 0.15) is 0 Å². The Morgan fingerprint density at radius 2 is 2.00 bits per heavy atom. The Kier molecular flexibility index (Phi) is 2.84. The molecule has 1 heterocycles. The first kappa shape index (κ1) is 11.0. The minimum atomic E-state index is -4.88. The van der Waals surface area contributed by atoms with Gasteiger partial charge in [0.2, 0.25) is 5.95 Å². The highest BCUT2D eigenvalue weighted by Gasteiger charge is 2.32. The molecule has 1 aromatic rings. The molecule has 78 valence electrons. The number of alkyl halides is 3. The number of rotatable bonds is 1. The van der Waals surface area contributed by atoms with Gasteiger partial charge >= 0.3 is 6.36 Å². The molecular formula is C6H3BrF4N2O. The van der Waals surface area contributed by atoms with Crippen molar-refractivity contribution >= 4 is 21.7 Å². The molecule has 0 unspecified atom stereocenters. The van der Waals surface area contributed by atoms with Crippen molar-refractivity contribution in [3.05, 3.63) is 16.5 Å². The molecule has 0 fully saturated rings. The number of nitrogens with zero attached hydrogens (tertiary/aromatic N) is 1. The smallest absolute Gasteiger partial charge is 0.402 e. The number of ether oxygens (including phenoxy) is 1. The van der Waals surface area contributed by atoms with Gasteiger partial charge in [0.25, 0.3) is 0 Å². The van der Waals surface area contributed by atoms with Crippen molar-refractivity contribution in [2.45, 2.75) is 6.36 Å². The van der Waals surface area contributed by atoms with E-state index >= 15 is 0 Å². The number of pyridine rings is 1. The molecular weight excluding hydrogens is 272 g/mol. The molecule has 0 aliphatic rings. The first-order valence-corrected chi connectivity index (χ1v) is 3.96. The van der Waals surface area contributed by atoms with Crippen molar-refractivity contribution < 1.29 is 22.3 Å². The number of aromatic nitrogens is 1. The monoisotopic (exact) mass is 274 g/mol. The molecule has 0 saturated heterocycles. The maximum Gasteiger partial charge on any atom is 0.573 e. The Morgan fingerprint density at radius 1 is 1.43 bits per heavy atom. The van der Waals surface area contributed by atoms with Gasteiger partial charge in [-0.15, -0.1) is 13.2 Å². The van der Waals surface area contributed by atoms with E-state index < -0.39 is 23.9 Å². The Morgan fingerprint density at radius 3 is 2.50 bits per heavy atom. The first-order valence-electron chi connectivity index (χ1n) is 3.17. The zero-order valence-corrected chi connectivity index (χ0v) is 7.99. The van der Waals surface area contributed by atoms with E-state index in [9.17, 15) is 17.6 Å². The fraction of sp³-hybridized carbons (Fsp3) is 0.167. The van der Waals surface area contributed by atoms with Crippen LogP contribution in [-0.2, 0) is 0 Å². The van der Waals surface area contributed by atoms with Gasteiger partial charge in [0, 0.05) is 6.07 Å². The van der Waals surface area contributed by atoms with E-state index in [-0.39, 0.29) is 4.47 Å². The van der Waals surface area contributed by atoms with Gasteiger partial charge in [-0.2, -0.15) is 9.37 Å². The van der Waals surface area contributed by atoms with Gasteiger partial charge in [-0.25, -0.2) is 0 Å². The third-order valence-electron chi connectivity index (χ3n) is 1.15. The van der Waals surface area contributed by atoms with Crippen LogP contribution in [0.5, 0.6) is 5.75 Å². The van der Waals surface area contributed by atoms with E-state index in [4.69, 9.17) is 5.73 Å². The number of anilines is 1. The Bertz CT molecular complexity index is 354. The zero-order valence-electron chi connectivity index (χ0n) is 6.40. The van der Waals surface area contributed by atoms with Crippen molar-refractivity contribution in [1.82, 2.24) is 4.98 Å². The summed E-state index contributed by atoms with van der Waals surface area (Å²) in [5, 5.41) is 0. The molecule has 0 aromatic carbocycles. The molecule has 2 N–H and O–H groups in total. The summed E-state index contributed by atoms with van der Waals surface area (Å²) >= 11 is 2.65. The summed E-state index contributed by atoms with van der Waals surface area (Å²) in [6, 6.07) is 0.755. The highest BCUT2D eigenvalue weighted by Crippen LogP contribution is 2.30. The van der Waals surface area contributed by atoms with E-state index in [1.54, 1.807) is 0 Å². The fourth-order valence-electron chi connectivity index (χ4n) is 0.669. The van der Waals surface area contributed by atoms with Crippen LogP contribution >= 0.6 is 15.9 Å². The molecule has 0 bridgehead atoms. The molecule has 14 heavy (non-hydrogen) atoms. The number of hydrogen-bond donors (Lipinski definition) is 1. The molecule has 0 aliphatic heterocycles. The van der Waals surface area contributed by atoms with Crippen molar-refractivity contribution in [2.24, 2.45) is 0 Å². The minimum Gasteiger partial charge on any atom is -0.402 e. The minimum absolute atomic E-state index is 0.258. The van der Waals surface area contributed by atoms with Crippen LogP contribution in [0.3, 0.4) is 0 Å². The van der Waals surface area contributed by atoms with Crippen LogP contribution in [0.15, 0.2) is 10.5 Å². The highest BCUT2D eigenvalue weighted by atomic mass is 79.9. The van der Waals surface area contributed by atoms with Crippen molar-refractivity contribution in [2.75, 3.05) is 5.73 Å². The number of halogens is 5. The highest BCUT2D eigenvalue weighted by molar-refractivity contribution is 9.10. The summed E-state index contributed by atoms with van der Waals surface area (Å²) in [4.78, 5) is 3.00. The first-order chi connectivity index (χ1) is 6.29. The second-order valence-corrected chi connectivity index (χ2v) is 3.05. The Balaban J connectivity index is 3.04. The largest absolute Gasteiger partial charge is 0.573 e. The summed E-state index contributed by atoms with van der Waals surface area (Å²) in [7, 11) is 0. The standard InChI is InChI=1S/C6H3BrF4N2O/c7-2-1-3(14-6(9,10)11)5(12)13-4(2)8/h1H,(H2,12,13). The van der Waals surface area contributed by atoms with Gasteiger partial charge in [-0.1, -0.05) is 0 Å². The van der Waals surface area contributed by atoms with Gasteiger partial charge in [0.15, 0.2) is 11.6 Å². The van der Waals surface area contributed by atoms with E-state index in [0.717, 1.165) is 6.07 Å². The van der Waals surface area contributed by atoms with Crippen molar-refractivity contribution in [3.8, 4) is 5.75 Å². The van der Waals surface area contributed by atoms with Crippen molar-refractivity contribution in [3.63, 3.8) is 0 Å². The topological polar surface area (TPSA) is 48.1 Å². The second kappa shape index (κ2) is 3.60. The summed E-state index contributed by atoms with van der Waals surface area (Å²) in [5.74, 6) is -2.41. The van der Waals surface area contributed by atoms with E-state index in [0.29, 0.717) is 0 Å². The maximum absolute atomic E-state index is 12.6. The fourth-order valence-corrected chi connectivity index (χ4v) is 0.966. The van der Waals surface area contributed by atoms with Crippen LogP contribution in [0, 0.1) is 5.95 Å². The van der Waals surface area contributed by atoms with Crippen molar-refractivity contribution in [1.29, 1.82) is 0 Å². The summed E-state index contributed by atoms with van der Waals surface area (Å²) < 4.78 is 51.1. The number of nitrogen functional groups attached to an aromatic ring is 1. The van der Waals surface area contributed by atoms with E-state index in [2.05, 4.69) is 25.7 Å². The molecule has 8 heteroatoms. The van der Waals surface area contributed by atoms with Crippen LogP contribution in [-0.4, -0.2) is 11.3 Å². The summed E-state index contributed by atoms with van der Waals surface area (Å²) in [6.45, 7) is 0. The predicted molar refractivity (Wildman–Crippen MR) is 43.0 cm³/mol. The van der Waals surface area contributed by atoms with Crippen LogP contribution in [0.2, 0.25) is 0 Å². The molecule has 0 radical (unpaired) electrons. The molecule has 1 rings (SSSR count). The number of nitrogens with two attached hydrogens (primary N) is 1. The van der Waals surface area contributed by atoms with E-state index in [1.165, 1.54) is 0 Å². The van der Waals surface area contributed by atoms with Crippen LogP contribution in [0.1, 0.15) is 0 Å². The lowest BCUT2D eigenvalue weighted by Gasteiger charge is -2.10. The Labute approximate surface area is 84.0 Å². The van der Waals surface area contributed by atoms with Crippen LogP contribution < -0.4 is 10.5 Å². The quantitative estimate of drug-likeness (QED) is 0.632. The van der Waals surface area contributed by atoms with E-state index in [1.807, 2.05) is 0 Å². The molecule has 0 atom stereocenters. The normalized spacial score (nSPS) is 11.5. The molecule has 3 nitrogen and oxygen atoms in total. The summed E-state index contributed by atoms with van der Waals surface area (Å²) in [5.41, 5.74) is 5.00. The van der Waals surface area contributed by atoms with Gasteiger partial charge in [-0.05, 0) is 15.9 Å². The number of hydrogen-bond acceptors (Lipinski definition) is 3. The van der Waals surface area contributed by atoms with Gasteiger partial charge in [0.05, 0.1) is 4.47 Å². The molecule has 0 aliphatic carbocycles. The predicted octanol–water partition coefficient (Wildman–Crippen LogP) is 2.46. The lowest BCUT2D eigenvalue weighted by atomic mass is 10.4. The second-order valence-electron chi connectivity index (χ2n) is 2.19. The van der Waals surface area contributed by atoms with Gasteiger partial charge < -0.3 is 10.5 Å². The molecule has 0 saturated carbocycles. The maximum atomic E-state index is 12.6. The third kappa shape index (κ3) is 2.72. The Hall–Kier alpha value is -1.05. The molecule has 0 spiro atoms. The van der Waals surface area contributed by atoms with Gasteiger partial charge in [-0.3, -0.25) is 0 Å². The lowest BCUT2D eigenvalue weighted by Crippen LogP contribution is -2.18. The molecule has 0 amide bonds. The average Bonchev–Trinajstić information content (AvgIpc) is 1.97. The SMILES string of the molecule is Nc1nc(F)c(Br)cc1OC(F)(F)F. The lowest BCUT2D eigenvalue weighted by molar-refractivity contribution is -0.274. The van der Waals surface area contributed by atoms with Crippen LogP contribution in [0.25, 0.3) is 0 Å². The van der Waals surface area contributed by atoms with Crippen LogP contribution in [0.4, 0.5) is 23.4 Å². The molecule has 1 aromatic heterocycles. The average molecular weight is 275 g/mol.